The second-order valence-corrected chi connectivity index (χ2v) is 6.08. The first-order chi connectivity index (χ1) is 12.5. The van der Waals surface area contributed by atoms with E-state index in [1.54, 1.807) is 12.3 Å². The minimum Gasteiger partial charge on any atom is -0.484 e. The zero-order chi connectivity index (χ0) is 18.5. The fraction of sp³-hybridized carbons (Fsp3) is 0.200. The van der Waals surface area contributed by atoms with Gasteiger partial charge in [0, 0.05) is 23.5 Å². The number of aromatic amines is 1. The molecule has 6 heteroatoms. The molecule has 0 unspecified atom stereocenters. The van der Waals surface area contributed by atoms with Crippen LogP contribution >= 0.6 is 0 Å². The monoisotopic (exact) mass is 352 g/mol. The number of fused-ring (bicyclic) bond motifs is 1. The van der Waals surface area contributed by atoms with Crippen molar-refractivity contribution in [3.05, 3.63) is 65.9 Å². The molecule has 0 saturated carbocycles. The molecule has 3 aromatic rings. The summed E-state index contributed by atoms with van der Waals surface area (Å²) in [5.41, 5.74) is 2.68. The van der Waals surface area contributed by atoms with E-state index < -0.39 is 17.9 Å². The topological polar surface area (TPSA) is 91.4 Å². The number of rotatable bonds is 7. The van der Waals surface area contributed by atoms with Gasteiger partial charge in [-0.1, -0.05) is 36.4 Å². The van der Waals surface area contributed by atoms with Gasteiger partial charge < -0.3 is 20.1 Å². The van der Waals surface area contributed by atoms with Crippen molar-refractivity contribution >= 4 is 22.8 Å². The third-order valence-electron chi connectivity index (χ3n) is 4.18. The van der Waals surface area contributed by atoms with Crippen LogP contribution < -0.4 is 10.1 Å². The zero-order valence-electron chi connectivity index (χ0n) is 14.4. The number of H-pyrrole nitrogens is 1. The van der Waals surface area contributed by atoms with Crippen LogP contribution in [0.2, 0.25) is 0 Å². The molecule has 3 rings (SSSR count). The Labute approximate surface area is 150 Å². The summed E-state index contributed by atoms with van der Waals surface area (Å²) in [6, 6.07) is 14.0. The van der Waals surface area contributed by atoms with Crippen molar-refractivity contribution in [3.8, 4) is 5.75 Å². The van der Waals surface area contributed by atoms with Gasteiger partial charge in [0.25, 0.3) is 5.91 Å². The molecule has 0 aliphatic rings. The number of para-hydroxylation sites is 2. The quantitative estimate of drug-likeness (QED) is 0.610. The van der Waals surface area contributed by atoms with Crippen LogP contribution in [-0.2, 0) is 16.0 Å². The van der Waals surface area contributed by atoms with Crippen LogP contribution in [-0.4, -0.2) is 34.6 Å². The summed E-state index contributed by atoms with van der Waals surface area (Å²) < 4.78 is 5.47. The van der Waals surface area contributed by atoms with Crippen molar-refractivity contribution in [2.75, 3.05) is 6.61 Å². The predicted octanol–water partition coefficient (Wildman–Crippen LogP) is 2.67. The van der Waals surface area contributed by atoms with Crippen molar-refractivity contribution in [2.45, 2.75) is 19.4 Å². The number of aromatic nitrogens is 1. The van der Waals surface area contributed by atoms with E-state index in [-0.39, 0.29) is 13.0 Å². The molecule has 0 spiro atoms. The van der Waals surface area contributed by atoms with Crippen molar-refractivity contribution in [3.63, 3.8) is 0 Å². The molecular weight excluding hydrogens is 332 g/mol. The smallest absolute Gasteiger partial charge is 0.326 e. The van der Waals surface area contributed by atoms with E-state index in [0.717, 1.165) is 22.0 Å². The summed E-state index contributed by atoms with van der Waals surface area (Å²) in [6.07, 6.45) is 1.96. The molecule has 6 nitrogen and oxygen atoms in total. The largest absolute Gasteiger partial charge is 0.484 e. The van der Waals surface area contributed by atoms with Crippen molar-refractivity contribution in [2.24, 2.45) is 0 Å². The Morgan fingerprint density at radius 3 is 2.65 bits per heavy atom. The Balaban J connectivity index is 1.64. The normalized spacial score (nSPS) is 11.9. The molecule has 0 fully saturated rings. The number of ether oxygens (including phenoxy) is 1. The van der Waals surface area contributed by atoms with Crippen LogP contribution in [0.3, 0.4) is 0 Å². The SMILES string of the molecule is Cc1ccccc1OCC(=O)N[C@H](Cc1c[nH]c2ccccc12)C(=O)O. The lowest BCUT2D eigenvalue weighted by atomic mass is 10.1. The van der Waals surface area contributed by atoms with Gasteiger partial charge in [-0.3, -0.25) is 4.79 Å². The first-order valence-electron chi connectivity index (χ1n) is 8.30. The van der Waals surface area contributed by atoms with Crippen molar-refractivity contribution in [1.82, 2.24) is 10.3 Å². The lowest BCUT2D eigenvalue weighted by molar-refractivity contribution is -0.142. The van der Waals surface area contributed by atoms with Gasteiger partial charge in [-0.15, -0.1) is 0 Å². The lowest BCUT2D eigenvalue weighted by Crippen LogP contribution is -2.44. The molecule has 2 aromatic carbocycles. The van der Waals surface area contributed by atoms with Gasteiger partial charge >= 0.3 is 5.97 Å². The number of amides is 1. The number of benzene rings is 2. The summed E-state index contributed by atoms with van der Waals surface area (Å²) in [5, 5.41) is 12.9. The van der Waals surface area contributed by atoms with Crippen LogP contribution in [0.1, 0.15) is 11.1 Å². The van der Waals surface area contributed by atoms with Crippen LogP contribution in [0, 0.1) is 6.92 Å². The number of carbonyl (C=O) groups excluding carboxylic acids is 1. The average Bonchev–Trinajstić information content (AvgIpc) is 3.03. The molecule has 1 heterocycles. The molecule has 134 valence electrons. The maximum absolute atomic E-state index is 12.1. The molecule has 1 aromatic heterocycles. The van der Waals surface area contributed by atoms with Gasteiger partial charge in [0.05, 0.1) is 0 Å². The minimum absolute atomic E-state index is 0.190. The summed E-state index contributed by atoms with van der Waals surface area (Å²) in [4.78, 5) is 26.8. The standard InChI is InChI=1S/C20H20N2O4/c1-13-6-2-5-9-18(13)26-12-19(23)22-17(20(24)25)10-14-11-21-16-8-4-3-7-15(14)16/h2-9,11,17,21H,10,12H2,1H3,(H,22,23)(H,24,25)/t17-/m1/s1. The van der Waals surface area contributed by atoms with Gasteiger partial charge in [0.1, 0.15) is 11.8 Å². The minimum atomic E-state index is -1.08. The molecule has 26 heavy (non-hydrogen) atoms. The van der Waals surface area contributed by atoms with E-state index in [9.17, 15) is 14.7 Å². The molecule has 0 aliphatic heterocycles. The molecule has 3 N–H and O–H groups in total. The number of hydrogen-bond donors (Lipinski definition) is 3. The molecule has 1 atom stereocenters. The van der Waals surface area contributed by atoms with Gasteiger partial charge in [0.15, 0.2) is 6.61 Å². The average molecular weight is 352 g/mol. The Kier molecular flexibility index (Phi) is 5.22. The van der Waals surface area contributed by atoms with Gasteiger partial charge in [-0.2, -0.15) is 0 Å². The first-order valence-corrected chi connectivity index (χ1v) is 8.30. The lowest BCUT2D eigenvalue weighted by Gasteiger charge is -2.15. The predicted molar refractivity (Wildman–Crippen MR) is 98.2 cm³/mol. The van der Waals surface area contributed by atoms with Crippen molar-refractivity contribution < 1.29 is 19.4 Å². The number of hydrogen-bond acceptors (Lipinski definition) is 3. The highest BCUT2D eigenvalue weighted by Crippen LogP contribution is 2.19. The maximum atomic E-state index is 12.1. The summed E-state index contributed by atoms with van der Waals surface area (Å²) in [5.74, 6) is -0.953. The number of carboxylic acids is 1. The van der Waals surface area contributed by atoms with Crippen LogP contribution in [0.4, 0.5) is 0 Å². The first kappa shape index (κ1) is 17.5. The van der Waals surface area contributed by atoms with Gasteiger partial charge in [-0.05, 0) is 30.2 Å². The van der Waals surface area contributed by atoms with E-state index in [0.29, 0.717) is 5.75 Å². The molecule has 0 radical (unpaired) electrons. The highest BCUT2D eigenvalue weighted by atomic mass is 16.5. The van der Waals surface area contributed by atoms with Crippen LogP contribution in [0.15, 0.2) is 54.7 Å². The van der Waals surface area contributed by atoms with Gasteiger partial charge in [-0.25, -0.2) is 4.79 Å². The molecular formula is C20H20N2O4. The number of carbonyl (C=O) groups is 2. The molecule has 0 aliphatic carbocycles. The Bertz CT molecular complexity index is 932. The van der Waals surface area contributed by atoms with Crippen molar-refractivity contribution in [1.29, 1.82) is 0 Å². The Morgan fingerprint density at radius 2 is 1.88 bits per heavy atom. The van der Waals surface area contributed by atoms with E-state index in [1.807, 2.05) is 49.4 Å². The second-order valence-electron chi connectivity index (χ2n) is 6.08. The highest BCUT2D eigenvalue weighted by molar-refractivity contribution is 5.87. The third kappa shape index (κ3) is 4.03. The highest BCUT2D eigenvalue weighted by Gasteiger charge is 2.22. The number of nitrogens with one attached hydrogen (secondary N) is 2. The summed E-state index contributed by atoms with van der Waals surface area (Å²) >= 11 is 0. The summed E-state index contributed by atoms with van der Waals surface area (Å²) in [7, 11) is 0. The fourth-order valence-corrected chi connectivity index (χ4v) is 2.82. The van der Waals surface area contributed by atoms with Gasteiger partial charge in [0.2, 0.25) is 0 Å². The van der Waals surface area contributed by atoms with E-state index in [2.05, 4.69) is 10.3 Å². The Hall–Kier alpha value is -3.28. The molecule has 0 saturated heterocycles. The van der Waals surface area contributed by atoms with Crippen LogP contribution in [0.25, 0.3) is 10.9 Å². The van der Waals surface area contributed by atoms with E-state index in [4.69, 9.17) is 4.74 Å². The third-order valence-corrected chi connectivity index (χ3v) is 4.18. The fourth-order valence-electron chi connectivity index (χ4n) is 2.82. The number of carboxylic acid groups (broad SMARTS) is 1. The molecule has 0 bridgehead atoms. The number of aliphatic carboxylic acids is 1. The maximum Gasteiger partial charge on any atom is 0.326 e. The van der Waals surface area contributed by atoms with Crippen LogP contribution in [0.5, 0.6) is 5.75 Å². The van der Waals surface area contributed by atoms with E-state index in [1.165, 1.54) is 0 Å². The summed E-state index contributed by atoms with van der Waals surface area (Å²) in [6.45, 7) is 1.65. The second kappa shape index (κ2) is 7.74. The van der Waals surface area contributed by atoms with E-state index >= 15 is 0 Å². The zero-order valence-corrected chi connectivity index (χ0v) is 14.4. The number of aryl methyl sites for hydroxylation is 1. The molecule has 1 amide bonds. The Morgan fingerprint density at radius 1 is 1.15 bits per heavy atom.